The molecule has 0 saturated carbocycles. The predicted octanol–water partition coefficient (Wildman–Crippen LogP) is 5.38. The van der Waals surface area contributed by atoms with Crippen molar-refractivity contribution >= 4 is 57.0 Å². The van der Waals surface area contributed by atoms with Gasteiger partial charge in [0.2, 0.25) is 0 Å². The molecule has 25 heavy (non-hydrogen) atoms. The molecule has 1 aliphatic rings. The molecule has 0 unspecified atom stereocenters. The number of benzene rings is 3. The third-order valence-electron chi connectivity index (χ3n) is 3.82. The van der Waals surface area contributed by atoms with Crippen molar-refractivity contribution in [3.05, 3.63) is 82.2 Å². The topological polar surface area (TPSA) is 41.5 Å². The highest BCUT2D eigenvalue weighted by Crippen LogP contribution is 2.30. The monoisotopic (exact) mass is 364 g/mol. The summed E-state index contributed by atoms with van der Waals surface area (Å²) in [6, 6.07) is 21.4. The summed E-state index contributed by atoms with van der Waals surface area (Å²) >= 11 is 7.22. The van der Waals surface area contributed by atoms with Gasteiger partial charge in [-0.3, -0.25) is 4.79 Å². The highest BCUT2D eigenvalue weighted by atomic mass is 35.5. The van der Waals surface area contributed by atoms with Crippen molar-refractivity contribution in [1.82, 2.24) is 5.32 Å². The van der Waals surface area contributed by atoms with E-state index in [0.29, 0.717) is 15.1 Å². The summed E-state index contributed by atoms with van der Waals surface area (Å²) in [4.78, 5) is 17.3. The first-order valence-electron chi connectivity index (χ1n) is 7.72. The van der Waals surface area contributed by atoms with Crippen molar-refractivity contribution in [2.75, 3.05) is 0 Å². The number of halogens is 1. The Kier molecular flexibility index (Phi) is 4.30. The van der Waals surface area contributed by atoms with Crippen LogP contribution in [0.2, 0.25) is 5.02 Å². The lowest BCUT2D eigenvalue weighted by atomic mass is 10.0. The number of thioether (sulfide) groups is 1. The van der Waals surface area contributed by atoms with Gasteiger partial charge in [0.15, 0.2) is 5.17 Å². The molecule has 1 N–H and O–H groups in total. The lowest BCUT2D eigenvalue weighted by Crippen LogP contribution is -2.19. The minimum Gasteiger partial charge on any atom is -0.300 e. The lowest BCUT2D eigenvalue weighted by Gasteiger charge is -2.02. The van der Waals surface area contributed by atoms with Crippen LogP contribution >= 0.6 is 23.4 Å². The van der Waals surface area contributed by atoms with Gasteiger partial charge in [-0.1, -0.05) is 54.1 Å². The average Bonchev–Trinajstić information content (AvgIpc) is 2.96. The van der Waals surface area contributed by atoms with Crippen molar-refractivity contribution in [3.63, 3.8) is 0 Å². The first-order chi connectivity index (χ1) is 12.2. The van der Waals surface area contributed by atoms with Crippen molar-refractivity contribution in [3.8, 4) is 0 Å². The molecule has 0 atom stereocenters. The fourth-order valence-corrected chi connectivity index (χ4v) is 3.59. The molecule has 0 aliphatic carbocycles. The number of nitrogens with one attached hydrogen (secondary N) is 1. The molecule has 5 heteroatoms. The zero-order valence-corrected chi connectivity index (χ0v) is 14.6. The van der Waals surface area contributed by atoms with Gasteiger partial charge in [0.1, 0.15) is 0 Å². The molecule has 0 aromatic heterocycles. The molecular formula is C20H13ClN2OS. The van der Waals surface area contributed by atoms with Gasteiger partial charge in [0.05, 0.1) is 10.6 Å². The Morgan fingerprint density at radius 3 is 2.56 bits per heavy atom. The largest absolute Gasteiger partial charge is 0.300 e. The number of amides is 1. The number of carbonyl (C=O) groups excluding carboxylic acids is 1. The Hall–Kier alpha value is -2.56. The van der Waals surface area contributed by atoms with E-state index in [0.717, 1.165) is 22.0 Å². The van der Waals surface area contributed by atoms with E-state index in [1.807, 2.05) is 42.5 Å². The maximum atomic E-state index is 12.3. The molecule has 1 heterocycles. The van der Waals surface area contributed by atoms with Gasteiger partial charge in [-0.25, -0.2) is 4.99 Å². The van der Waals surface area contributed by atoms with E-state index in [1.165, 1.54) is 11.8 Å². The first kappa shape index (κ1) is 15.9. The average molecular weight is 365 g/mol. The van der Waals surface area contributed by atoms with Gasteiger partial charge in [-0.2, -0.15) is 0 Å². The van der Waals surface area contributed by atoms with E-state index in [9.17, 15) is 4.79 Å². The lowest BCUT2D eigenvalue weighted by molar-refractivity contribution is -0.115. The van der Waals surface area contributed by atoms with Gasteiger partial charge >= 0.3 is 0 Å². The van der Waals surface area contributed by atoms with Gasteiger partial charge in [-0.15, -0.1) is 0 Å². The third kappa shape index (κ3) is 3.45. The fourth-order valence-electron chi connectivity index (χ4n) is 2.63. The number of hydrogen-bond donors (Lipinski definition) is 1. The van der Waals surface area contributed by atoms with E-state index in [4.69, 9.17) is 11.6 Å². The van der Waals surface area contributed by atoms with Crippen LogP contribution in [0.1, 0.15) is 5.56 Å². The van der Waals surface area contributed by atoms with E-state index in [1.54, 1.807) is 12.1 Å². The Morgan fingerprint density at radius 2 is 1.72 bits per heavy atom. The highest BCUT2D eigenvalue weighted by molar-refractivity contribution is 8.18. The van der Waals surface area contributed by atoms with Crippen molar-refractivity contribution in [2.24, 2.45) is 4.99 Å². The summed E-state index contributed by atoms with van der Waals surface area (Å²) in [5.41, 5.74) is 1.77. The molecule has 1 saturated heterocycles. The normalized spacial score (nSPS) is 17.4. The number of hydrogen-bond acceptors (Lipinski definition) is 3. The standard InChI is InChI=1S/C20H13ClN2OS/c21-15-8-10-16(11-9-15)22-20-23-19(24)18(25-20)12-14-6-3-5-13-4-1-2-7-17(13)14/h1-12H,(H,22,23,24). The summed E-state index contributed by atoms with van der Waals surface area (Å²) in [7, 11) is 0. The van der Waals surface area contributed by atoms with Crippen LogP contribution in [0, 0.1) is 0 Å². The van der Waals surface area contributed by atoms with E-state index < -0.39 is 0 Å². The number of amidine groups is 1. The molecule has 3 nitrogen and oxygen atoms in total. The van der Waals surface area contributed by atoms with Crippen molar-refractivity contribution < 1.29 is 4.79 Å². The van der Waals surface area contributed by atoms with Crippen LogP contribution in [-0.2, 0) is 4.79 Å². The SMILES string of the molecule is O=C1NC(=Nc2ccc(Cl)cc2)SC1=Cc1cccc2ccccc12. The van der Waals surface area contributed by atoms with Crippen LogP contribution < -0.4 is 5.32 Å². The summed E-state index contributed by atoms with van der Waals surface area (Å²) < 4.78 is 0. The zero-order valence-electron chi connectivity index (χ0n) is 13.1. The fraction of sp³-hybridized carbons (Fsp3) is 0. The predicted molar refractivity (Wildman–Crippen MR) is 106 cm³/mol. The second kappa shape index (κ2) is 6.75. The Balaban J connectivity index is 1.66. The Bertz CT molecular complexity index is 1020. The molecule has 0 spiro atoms. The number of carbonyl (C=O) groups is 1. The van der Waals surface area contributed by atoms with E-state index in [-0.39, 0.29) is 5.91 Å². The first-order valence-corrected chi connectivity index (χ1v) is 8.91. The summed E-state index contributed by atoms with van der Waals surface area (Å²) in [5, 5.41) is 6.30. The molecule has 1 amide bonds. The maximum Gasteiger partial charge on any atom is 0.264 e. The van der Waals surface area contributed by atoms with Crippen LogP contribution in [0.3, 0.4) is 0 Å². The quantitative estimate of drug-likeness (QED) is 0.620. The zero-order chi connectivity index (χ0) is 17.2. The highest BCUT2D eigenvalue weighted by Gasteiger charge is 2.24. The second-order valence-corrected chi connectivity index (χ2v) is 6.99. The van der Waals surface area contributed by atoms with Gasteiger partial charge in [0, 0.05) is 5.02 Å². The van der Waals surface area contributed by atoms with E-state index >= 15 is 0 Å². The minimum absolute atomic E-state index is 0.134. The Morgan fingerprint density at radius 1 is 0.960 bits per heavy atom. The molecule has 4 rings (SSSR count). The molecular weight excluding hydrogens is 352 g/mol. The molecule has 122 valence electrons. The number of fused-ring (bicyclic) bond motifs is 1. The van der Waals surface area contributed by atoms with Crippen LogP contribution in [0.5, 0.6) is 0 Å². The summed E-state index contributed by atoms with van der Waals surface area (Å²) in [6.07, 6.45) is 1.91. The Labute approximate surface area is 154 Å². The number of rotatable bonds is 2. The van der Waals surface area contributed by atoms with Crippen molar-refractivity contribution in [1.29, 1.82) is 0 Å². The molecule has 1 fully saturated rings. The second-order valence-electron chi connectivity index (χ2n) is 5.53. The number of aliphatic imine (C=N–C) groups is 1. The van der Waals surface area contributed by atoms with Gasteiger partial charge in [-0.05, 0) is 58.4 Å². The van der Waals surface area contributed by atoms with Gasteiger partial charge in [0.25, 0.3) is 5.91 Å². The minimum atomic E-state index is -0.134. The van der Waals surface area contributed by atoms with Crippen LogP contribution in [0.25, 0.3) is 16.8 Å². The molecule has 1 aliphatic heterocycles. The molecule has 3 aromatic carbocycles. The maximum absolute atomic E-state index is 12.3. The summed E-state index contributed by atoms with van der Waals surface area (Å²) in [6.45, 7) is 0. The van der Waals surface area contributed by atoms with Crippen molar-refractivity contribution in [2.45, 2.75) is 0 Å². The third-order valence-corrected chi connectivity index (χ3v) is 4.98. The van der Waals surface area contributed by atoms with Gasteiger partial charge < -0.3 is 5.32 Å². The summed E-state index contributed by atoms with van der Waals surface area (Å²) in [5.74, 6) is -0.134. The molecule has 3 aromatic rings. The molecule has 0 radical (unpaired) electrons. The number of nitrogens with zero attached hydrogens (tertiary/aromatic N) is 1. The van der Waals surface area contributed by atoms with Crippen LogP contribution in [0.4, 0.5) is 5.69 Å². The smallest absolute Gasteiger partial charge is 0.264 e. The molecule has 0 bridgehead atoms. The van der Waals surface area contributed by atoms with E-state index in [2.05, 4.69) is 28.5 Å². The van der Waals surface area contributed by atoms with Crippen LogP contribution in [-0.4, -0.2) is 11.1 Å². The van der Waals surface area contributed by atoms with Crippen LogP contribution in [0.15, 0.2) is 76.6 Å².